The number of hydrogen-bond acceptors (Lipinski definition) is 3. The fourth-order valence-electron chi connectivity index (χ4n) is 9.45. The van der Waals surface area contributed by atoms with Crippen LogP contribution in [0.4, 0.5) is 0 Å². The van der Waals surface area contributed by atoms with Crippen molar-refractivity contribution in [3.05, 3.63) is 193 Å². The van der Waals surface area contributed by atoms with Crippen molar-refractivity contribution in [3.63, 3.8) is 0 Å². The predicted octanol–water partition coefficient (Wildman–Crippen LogP) is 14.0. The van der Waals surface area contributed by atoms with E-state index in [0.717, 1.165) is 38.8 Å². The summed E-state index contributed by atoms with van der Waals surface area (Å²) in [6, 6.07) is 27.1. The van der Waals surface area contributed by atoms with E-state index in [1.54, 1.807) is 33.7 Å². The van der Waals surface area contributed by atoms with Gasteiger partial charge in [0.25, 0.3) is 6.33 Å². The quantitative estimate of drug-likeness (QED) is 0.118. The van der Waals surface area contributed by atoms with Crippen LogP contribution in [0, 0.1) is 18.5 Å². The molecule has 4 heterocycles. The number of hydrogen-bond donors (Lipinski definition) is 0. The molecule has 0 atom stereocenters. The third-order valence-corrected chi connectivity index (χ3v) is 12.9. The topological polar surface area (TPSA) is 48.8 Å². The number of aromatic nitrogens is 5. The maximum atomic E-state index is 9.52. The predicted molar refractivity (Wildman–Crippen MR) is 263 cm³/mol. The van der Waals surface area contributed by atoms with E-state index in [9.17, 15) is 5.48 Å². The molecule has 0 N–H and O–H groups in total. The number of ether oxygens (including phenoxy) is 1. The molecular weight excluding hydrogens is 990 g/mol. The number of imidazole rings is 1. The summed E-state index contributed by atoms with van der Waals surface area (Å²) in [4.78, 5) is 9.34. The van der Waals surface area contributed by atoms with Gasteiger partial charge in [-0.15, -0.1) is 29.7 Å². The molecule has 1 aliphatic carbocycles. The Kier molecular flexibility index (Phi) is 8.17. The third kappa shape index (κ3) is 7.36. The van der Waals surface area contributed by atoms with Crippen LogP contribution in [0.5, 0.6) is 11.5 Å². The smallest absolute Gasteiger partial charge is 0.268 e. The molecule has 0 unspecified atom stereocenters. The van der Waals surface area contributed by atoms with Crippen LogP contribution in [0.15, 0.2) is 158 Å². The summed E-state index contributed by atoms with van der Waals surface area (Å²) >= 11 is 0. The molecule has 11 rings (SSSR count). The number of fused-ring (bicyclic) bond motifs is 5. The average molecular weight is 1050 g/mol. The van der Waals surface area contributed by atoms with Crippen molar-refractivity contribution in [1.82, 2.24) is 19.1 Å². The molecule has 0 saturated carbocycles. The molecule has 1 aliphatic rings. The molecule has 330 valence electrons. The Morgan fingerprint density at radius 1 is 0.727 bits per heavy atom. The summed E-state index contributed by atoms with van der Waals surface area (Å²) in [6.45, 7) is 14.8. The van der Waals surface area contributed by atoms with Gasteiger partial charge >= 0.3 is 0 Å². The molecular formula is C59H51N5OPt-2. The first kappa shape index (κ1) is 32.9. The summed E-state index contributed by atoms with van der Waals surface area (Å²) in [5.41, 5.74) is 4.98. The summed E-state index contributed by atoms with van der Waals surface area (Å²) in [6.07, 6.45) is 9.96. The van der Waals surface area contributed by atoms with Crippen LogP contribution in [0.3, 0.4) is 0 Å². The van der Waals surface area contributed by atoms with E-state index >= 15 is 0 Å². The molecule has 0 aliphatic heterocycles. The Morgan fingerprint density at radius 3 is 2.23 bits per heavy atom. The van der Waals surface area contributed by atoms with Gasteiger partial charge in [0.05, 0.1) is 30.4 Å². The van der Waals surface area contributed by atoms with Crippen LogP contribution in [0.25, 0.3) is 72.3 Å². The van der Waals surface area contributed by atoms with Crippen molar-refractivity contribution in [2.24, 2.45) is 0 Å². The van der Waals surface area contributed by atoms with Gasteiger partial charge in [-0.05, 0) is 103 Å². The van der Waals surface area contributed by atoms with Crippen molar-refractivity contribution >= 4 is 32.8 Å². The number of pyridine rings is 2. The van der Waals surface area contributed by atoms with Crippen LogP contribution in [-0.4, -0.2) is 19.1 Å². The monoisotopic (exact) mass is 1050 g/mol. The second kappa shape index (κ2) is 16.4. The zero-order valence-electron chi connectivity index (χ0n) is 47.6. The van der Waals surface area contributed by atoms with Crippen molar-refractivity contribution in [1.29, 1.82) is 0 Å². The van der Waals surface area contributed by atoms with E-state index in [4.69, 9.17) is 17.9 Å². The van der Waals surface area contributed by atoms with Crippen LogP contribution in [-0.2, 0) is 37.3 Å². The molecule has 66 heavy (non-hydrogen) atoms. The summed E-state index contributed by atoms with van der Waals surface area (Å²) < 4.78 is 103. The molecule has 0 saturated heterocycles. The minimum Gasteiger partial charge on any atom is -0.510 e. The van der Waals surface area contributed by atoms with Crippen LogP contribution >= 0.6 is 0 Å². The SMILES string of the molecule is [2H]c1c([2H])c([2H])c(-c2cc3c(c(-c4c([2H])c([2H])c([2H])c([2H])c4[2H])c2-[n+]2[c-]n(-c4[c-]c(Oc5[c-]c6c(cc5)c5ccccc5n6-c5cc(C(C)(C)C)ccn5)ccc4)c4cnccc42)C(C)(C)CCC3(C)C)c([2H])c1[2H].[Pt]. The second-order valence-electron chi connectivity index (χ2n) is 19.1. The summed E-state index contributed by atoms with van der Waals surface area (Å²) in [5, 5.41) is 2.02. The minimum atomic E-state index is -0.655. The van der Waals surface area contributed by atoms with Gasteiger partial charge in [0.15, 0.2) is 0 Å². The fraction of sp³-hybridized carbons (Fsp3) is 0.203. The standard InChI is InChI=1S/C59H51N5O.Pt/c1-57(2,3)41-27-32-61-53(33-41)64-49-24-15-14-23-45(49)46-26-25-44(35-51(46)64)65-43-22-16-21-42(34-43)62-38-63(50-28-31-60-37-52(50)62)56-47(39-17-10-8-11-18-39)36-48-55(54(56)40-19-12-9-13-20-40)59(6,7)30-29-58(48,4)5;/h8-28,31-33,36-37H,29-30H2,1-7H3;/q-2;/i8D,9D,10D,11D,12D,13D,17D,18D,19D,20D;. The van der Waals surface area contributed by atoms with Gasteiger partial charge in [-0.1, -0.05) is 139 Å². The van der Waals surface area contributed by atoms with E-state index in [0.29, 0.717) is 46.6 Å². The Hall–Kier alpha value is -6.62. The molecule has 4 aromatic heterocycles. The minimum absolute atomic E-state index is 0. The van der Waals surface area contributed by atoms with Crippen LogP contribution < -0.4 is 9.30 Å². The maximum Gasteiger partial charge on any atom is 0.268 e. The zero-order valence-corrected chi connectivity index (χ0v) is 39.9. The molecule has 10 aromatic rings. The Bertz CT molecular complexity index is 4010. The number of rotatable bonds is 7. The largest absolute Gasteiger partial charge is 0.510 e. The second-order valence-corrected chi connectivity index (χ2v) is 19.1. The van der Waals surface area contributed by atoms with Crippen molar-refractivity contribution in [2.75, 3.05) is 0 Å². The molecule has 0 bridgehead atoms. The molecule has 6 nitrogen and oxygen atoms in total. The molecule has 0 spiro atoms. The van der Waals surface area contributed by atoms with Crippen LogP contribution in [0.2, 0.25) is 0 Å². The Labute approximate surface area is 415 Å². The Morgan fingerprint density at radius 2 is 1.45 bits per heavy atom. The van der Waals surface area contributed by atoms with Gasteiger partial charge in [-0.25, -0.2) is 4.98 Å². The normalized spacial score (nSPS) is 16.4. The number of benzene rings is 6. The van der Waals surface area contributed by atoms with Gasteiger partial charge in [0.1, 0.15) is 5.82 Å². The molecule has 0 fully saturated rings. The van der Waals surface area contributed by atoms with Gasteiger partial charge in [-0.2, -0.15) is 18.2 Å². The number of nitrogens with zero attached hydrogens (tertiary/aromatic N) is 5. The van der Waals surface area contributed by atoms with Crippen LogP contribution in [0.1, 0.15) is 91.7 Å². The summed E-state index contributed by atoms with van der Waals surface area (Å²) in [5.74, 6) is 1.53. The van der Waals surface area contributed by atoms with Gasteiger partial charge in [-0.3, -0.25) is 9.55 Å². The molecule has 7 heteroatoms. The first-order valence-corrected chi connectivity index (χ1v) is 21.8. The Balaban J connectivity index is 0.00000657. The third-order valence-electron chi connectivity index (χ3n) is 12.9. The number of para-hydroxylation sites is 1. The maximum absolute atomic E-state index is 9.52. The van der Waals surface area contributed by atoms with E-state index < -0.39 is 71.3 Å². The van der Waals surface area contributed by atoms with Gasteiger partial charge in [0.2, 0.25) is 0 Å². The average Bonchev–Trinajstić information content (AvgIpc) is 3.93. The van der Waals surface area contributed by atoms with Crippen molar-refractivity contribution in [2.45, 2.75) is 77.6 Å². The zero-order chi connectivity index (χ0) is 53.4. The van der Waals surface area contributed by atoms with Crippen molar-refractivity contribution < 1.29 is 44.1 Å². The molecule has 6 aromatic carbocycles. The summed E-state index contributed by atoms with van der Waals surface area (Å²) in [7, 11) is 0. The van der Waals surface area contributed by atoms with Crippen molar-refractivity contribution in [3.8, 4) is 50.9 Å². The fourth-order valence-corrected chi connectivity index (χ4v) is 9.45. The van der Waals surface area contributed by atoms with E-state index in [1.165, 1.54) is 0 Å². The first-order valence-electron chi connectivity index (χ1n) is 26.8. The van der Waals surface area contributed by atoms with E-state index in [1.807, 2.05) is 54.7 Å². The van der Waals surface area contributed by atoms with Gasteiger partial charge in [0, 0.05) is 56.7 Å². The van der Waals surface area contributed by atoms with E-state index in [2.05, 4.69) is 94.7 Å². The van der Waals surface area contributed by atoms with E-state index in [-0.39, 0.29) is 54.4 Å². The molecule has 0 radical (unpaired) electrons. The first-order chi connectivity index (χ1) is 35.5. The molecule has 0 amide bonds. The van der Waals surface area contributed by atoms with Gasteiger partial charge < -0.3 is 13.9 Å².